The van der Waals surface area contributed by atoms with Crippen molar-refractivity contribution in [2.75, 3.05) is 13.1 Å². The number of nitrogens with zero attached hydrogens (tertiary/aromatic N) is 1. The minimum atomic E-state index is -3.69. The van der Waals surface area contributed by atoms with E-state index in [2.05, 4.69) is 0 Å². The Morgan fingerprint density at radius 1 is 0.938 bits per heavy atom. The van der Waals surface area contributed by atoms with Crippen molar-refractivity contribution in [1.82, 2.24) is 4.31 Å². The first-order valence-corrected chi connectivity index (χ1v) is 12.1. The molecule has 166 valence electrons. The van der Waals surface area contributed by atoms with Gasteiger partial charge in [0.2, 0.25) is 10.0 Å². The fraction of sp³-hybridized carbons (Fsp3) is 0.250. The predicted molar refractivity (Wildman–Crippen MR) is 123 cm³/mol. The first-order valence-electron chi connectivity index (χ1n) is 10.3. The van der Waals surface area contributed by atoms with Crippen LogP contribution in [-0.2, 0) is 14.8 Å². The summed E-state index contributed by atoms with van der Waals surface area (Å²) in [5.41, 5.74) is 0.458. The van der Waals surface area contributed by atoms with Crippen molar-refractivity contribution in [1.29, 1.82) is 0 Å². The maximum Gasteiger partial charge on any atom is 0.314 e. The van der Waals surface area contributed by atoms with Crippen LogP contribution in [0.4, 0.5) is 0 Å². The molecular formula is C24H22ClNO5S. The molecular weight excluding hydrogens is 450 g/mol. The summed E-state index contributed by atoms with van der Waals surface area (Å²) < 4.78 is 32.9. The highest BCUT2D eigenvalue weighted by atomic mass is 35.5. The lowest BCUT2D eigenvalue weighted by atomic mass is 9.98. The Balaban J connectivity index is 1.43. The lowest BCUT2D eigenvalue weighted by molar-refractivity contribution is -0.140. The summed E-state index contributed by atoms with van der Waals surface area (Å²) in [6, 6.07) is 16.7. The molecule has 0 saturated carbocycles. The Hall–Kier alpha value is -2.74. The molecule has 8 heteroatoms. The summed E-state index contributed by atoms with van der Waals surface area (Å²) in [5.74, 6) is -0.450. The van der Waals surface area contributed by atoms with Crippen LogP contribution in [0.2, 0.25) is 5.02 Å². The molecule has 1 aliphatic rings. The molecule has 1 saturated heterocycles. The van der Waals surface area contributed by atoms with Crippen molar-refractivity contribution in [3.63, 3.8) is 0 Å². The molecule has 1 aliphatic heterocycles. The molecule has 0 spiro atoms. The molecule has 1 fully saturated rings. The largest absolute Gasteiger partial charge is 0.426 e. The van der Waals surface area contributed by atoms with Gasteiger partial charge in [-0.15, -0.1) is 0 Å². The van der Waals surface area contributed by atoms with Crippen LogP contribution in [0.25, 0.3) is 10.8 Å². The monoisotopic (exact) mass is 471 g/mol. The van der Waals surface area contributed by atoms with E-state index in [1.54, 1.807) is 12.1 Å². The van der Waals surface area contributed by atoms with Gasteiger partial charge in [0.05, 0.1) is 10.8 Å². The number of benzene rings is 3. The van der Waals surface area contributed by atoms with E-state index < -0.39 is 15.9 Å². The number of ether oxygens (including phenoxy) is 1. The maximum absolute atomic E-state index is 12.9. The molecule has 3 aromatic carbocycles. The number of rotatable bonds is 5. The first-order chi connectivity index (χ1) is 15.3. The number of esters is 1. The summed E-state index contributed by atoms with van der Waals surface area (Å²) in [7, 11) is -3.69. The zero-order valence-corrected chi connectivity index (χ0v) is 19.0. The number of Topliss-reactive ketones (excluding diaryl/α,β-unsaturated/α-hetero) is 1. The van der Waals surface area contributed by atoms with Gasteiger partial charge in [-0.25, -0.2) is 8.42 Å². The number of sulfonamides is 1. The third-order valence-corrected chi connectivity index (χ3v) is 7.97. The first kappa shape index (κ1) is 22.5. The average Bonchev–Trinajstić information content (AvgIpc) is 2.81. The Kier molecular flexibility index (Phi) is 6.33. The molecule has 0 radical (unpaired) electrons. The zero-order valence-electron chi connectivity index (χ0n) is 17.5. The molecule has 0 amide bonds. The van der Waals surface area contributed by atoms with Crippen LogP contribution in [-0.4, -0.2) is 37.6 Å². The summed E-state index contributed by atoms with van der Waals surface area (Å²) >= 11 is 6.23. The van der Waals surface area contributed by atoms with Crippen LogP contribution < -0.4 is 4.74 Å². The van der Waals surface area contributed by atoms with Crippen LogP contribution in [0.15, 0.2) is 65.6 Å². The molecule has 6 nitrogen and oxygen atoms in total. The van der Waals surface area contributed by atoms with E-state index in [9.17, 15) is 18.0 Å². The number of hydrogen-bond acceptors (Lipinski definition) is 5. The highest BCUT2D eigenvalue weighted by Gasteiger charge is 2.33. The lowest BCUT2D eigenvalue weighted by Gasteiger charge is -2.30. The summed E-state index contributed by atoms with van der Waals surface area (Å²) in [5, 5.41) is 2.13. The SMILES string of the molecule is CC(=O)c1ccc(S(=O)(=O)N2CCC(C(=O)Oc3ccc(Cl)c4ccccc34)CC2)cc1. The van der Waals surface area contributed by atoms with Crippen molar-refractivity contribution in [2.24, 2.45) is 5.92 Å². The molecule has 3 aromatic rings. The van der Waals surface area contributed by atoms with Gasteiger partial charge in [0.1, 0.15) is 5.75 Å². The second-order valence-corrected chi connectivity index (χ2v) is 10.1. The number of piperidine rings is 1. The minimum absolute atomic E-state index is 0.123. The Morgan fingerprint density at radius 2 is 1.56 bits per heavy atom. The van der Waals surface area contributed by atoms with Gasteiger partial charge in [-0.3, -0.25) is 9.59 Å². The fourth-order valence-electron chi connectivity index (χ4n) is 3.86. The van der Waals surface area contributed by atoms with Crippen LogP contribution >= 0.6 is 11.6 Å². The van der Waals surface area contributed by atoms with Crippen LogP contribution in [0.3, 0.4) is 0 Å². The topological polar surface area (TPSA) is 80.8 Å². The highest BCUT2D eigenvalue weighted by molar-refractivity contribution is 7.89. The van der Waals surface area contributed by atoms with E-state index in [-0.39, 0.29) is 29.7 Å². The fourth-order valence-corrected chi connectivity index (χ4v) is 5.56. The Bertz CT molecular complexity index is 1280. The molecule has 0 N–H and O–H groups in total. The van der Waals surface area contributed by atoms with E-state index in [1.165, 1.54) is 35.5 Å². The lowest BCUT2D eigenvalue weighted by Crippen LogP contribution is -2.41. The summed E-state index contributed by atoms with van der Waals surface area (Å²) in [4.78, 5) is 24.3. The smallest absolute Gasteiger partial charge is 0.314 e. The third-order valence-electron chi connectivity index (χ3n) is 5.73. The van der Waals surface area contributed by atoms with Crippen LogP contribution in [0.1, 0.15) is 30.1 Å². The van der Waals surface area contributed by atoms with Gasteiger partial charge in [0.25, 0.3) is 0 Å². The van der Waals surface area contributed by atoms with Gasteiger partial charge in [0, 0.05) is 34.4 Å². The van der Waals surface area contributed by atoms with Gasteiger partial charge in [-0.1, -0.05) is 48.0 Å². The highest BCUT2D eigenvalue weighted by Crippen LogP contribution is 2.32. The van der Waals surface area contributed by atoms with Crippen LogP contribution in [0, 0.1) is 5.92 Å². The van der Waals surface area contributed by atoms with Crippen molar-refractivity contribution in [2.45, 2.75) is 24.7 Å². The van der Waals surface area contributed by atoms with Crippen molar-refractivity contribution in [3.8, 4) is 5.75 Å². The molecule has 0 bridgehead atoms. The van der Waals surface area contributed by atoms with Crippen molar-refractivity contribution < 1.29 is 22.7 Å². The van der Waals surface area contributed by atoms with E-state index in [0.717, 1.165) is 10.8 Å². The van der Waals surface area contributed by atoms with Crippen molar-refractivity contribution >= 4 is 44.1 Å². The number of hydrogen-bond donors (Lipinski definition) is 0. The quantitative estimate of drug-likeness (QED) is 0.306. The van der Waals surface area contributed by atoms with Gasteiger partial charge >= 0.3 is 5.97 Å². The van der Waals surface area contributed by atoms with Gasteiger partial charge in [-0.05, 0) is 44.0 Å². The molecule has 0 atom stereocenters. The second kappa shape index (κ2) is 9.02. The molecule has 4 rings (SSSR count). The normalized spacial score (nSPS) is 15.6. The number of fused-ring (bicyclic) bond motifs is 1. The molecule has 0 unspecified atom stereocenters. The third kappa shape index (κ3) is 4.41. The molecule has 32 heavy (non-hydrogen) atoms. The Labute approximate surface area is 191 Å². The Morgan fingerprint density at radius 3 is 2.19 bits per heavy atom. The predicted octanol–water partition coefficient (Wildman–Crippen LogP) is 4.70. The van der Waals surface area contributed by atoms with E-state index in [4.69, 9.17) is 16.3 Å². The number of ketones is 1. The molecule has 0 aliphatic carbocycles. The summed E-state index contributed by atoms with van der Waals surface area (Å²) in [6.07, 6.45) is 0.740. The number of halogens is 1. The summed E-state index contributed by atoms with van der Waals surface area (Å²) in [6.45, 7) is 1.87. The van der Waals surface area contributed by atoms with Crippen molar-refractivity contribution in [3.05, 3.63) is 71.2 Å². The van der Waals surface area contributed by atoms with E-state index >= 15 is 0 Å². The average molecular weight is 472 g/mol. The van der Waals surface area contributed by atoms with Gasteiger partial charge in [-0.2, -0.15) is 4.31 Å². The molecule has 0 aromatic heterocycles. The standard InChI is InChI=1S/C24H22ClNO5S/c1-16(27)17-6-8-19(9-7-17)32(29,30)26-14-12-18(13-15-26)24(28)31-23-11-10-22(25)20-4-2-3-5-21(20)23/h2-11,18H,12-15H2,1H3. The molecule has 1 heterocycles. The number of carbonyl (C=O) groups is 2. The minimum Gasteiger partial charge on any atom is -0.426 e. The van der Waals surface area contributed by atoms with E-state index in [1.807, 2.05) is 24.3 Å². The second-order valence-electron chi connectivity index (χ2n) is 7.77. The maximum atomic E-state index is 12.9. The van der Waals surface area contributed by atoms with Gasteiger partial charge in [0.15, 0.2) is 5.78 Å². The van der Waals surface area contributed by atoms with E-state index in [0.29, 0.717) is 29.2 Å². The zero-order chi connectivity index (χ0) is 22.9. The van der Waals surface area contributed by atoms with Crippen LogP contribution in [0.5, 0.6) is 5.75 Å². The number of carbonyl (C=O) groups excluding carboxylic acids is 2. The van der Waals surface area contributed by atoms with Gasteiger partial charge < -0.3 is 4.74 Å².